The van der Waals surface area contributed by atoms with Gasteiger partial charge in [0, 0.05) is 24.7 Å². The largest absolute Gasteiger partial charge is 0.495 e. The lowest BCUT2D eigenvalue weighted by Gasteiger charge is -2.21. The van der Waals surface area contributed by atoms with Crippen molar-refractivity contribution in [2.45, 2.75) is 58.4 Å². The number of carbonyl (C=O) groups excluding carboxylic acids is 1. The van der Waals surface area contributed by atoms with Crippen molar-refractivity contribution in [3.8, 4) is 5.75 Å². The molecule has 0 saturated heterocycles. The second kappa shape index (κ2) is 9.92. The first-order chi connectivity index (χ1) is 12.2. The summed E-state index contributed by atoms with van der Waals surface area (Å²) in [6.07, 6.45) is 1.90. The first-order valence-corrected chi connectivity index (χ1v) is 10.6. The Balaban J connectivity index is 3.11. The topological polar surface area (TPSA) is 75.7 Å². The highest BCUT2D eigenvalue weighted by Crippen LogP contribution is 2.28. The van der Waals surface area contributed by atoms with Crippen molar-refractivity contribution in [1.82, 2.24) is 9.62 Å². The SMILES string of the molecule is CCN(CC)S(=O)(=O)c1cc(C(=O)NC(C)CCC(C)C)ccc1OC. The van der Waals surface area contributed by atoms with Gasteiger partial charge in [-0.05, 0) is 43.9 Å². The Morgan fingerprint density at radius 3 is 2.27 bits per heavy atom. The van der Waals surface area contributed by atoms with Crippen LogP contribution < -0.4 is 10.1 Å². The molecule has 0 spiro atoms. The summed E-state index contributed by atoms with van der Waals surface area (Å²) in [6.45, 7) is 10.5. The third kappa shape index (κ3) is 5.71. The Morgan fingerprint density at radius 2 is 1.77 bits per heavy atom. The second-order valence-corrected chi connectivity index (χ2v) is 8.71. The van der Waals surface area contributed by atoms with Gasteiger partial charge in [0.1, 0.15) is 10.6 Å². The zero-order valence-electron chi connectivity index (χ0n) is 16.7. The van der Waals surface area contributed by atoms with Crippen LogP contribution in [0.15, 0.2) is 23.1 Å². The summed E-state index contributed by atoms with van der Waals surface area (Å²) in [6, 6.07) is 4.54. The van der Waals surface area contributed by atoms with E-state index in [0.717, 1.165) is 12.8 Å². The molecule has 1 unspecified atom stereocenters. The number of sulfonamides is 1. The summed E-state index contributed by atoms with van der Waals surface area (Å²) in [4.78, 5) is 12.5. The average Bonchev–Trinajstić information content (AvgIpc) is 2.60. The highest BCUT2D eigenvalue weighted by molar-refractivity contribution is 7.89. The highest BCUT2D eigenvalue weighted by Gasteiger charge is 2.27. The molecule has 1 rings (SSSR count). The number of hydrogen-bond donors (Lipinski definition) is 1. The van der Waals surface area contributed by atoms with Crippen LogP contribution in [-0.2, 0) is 10.0 Å². The van der Waals surface area contributed by atoms with E-state index in [2.05, 4.69) is 19.2 Å². The molecule has 1 atom stereocenters. The Bertz CT molecular complexity index is 697. The summed E-state index contributed by atoms with van der Waals surface area (Å²) in [5.74, 6) is 0.530. The van der Waals surface area contributed by atoms with Gasteiger partial charge in [0.15, 0.2) is 0 Å². The lowest BCUT2D eigenvalue weighted by molar-refractivity contribution is 0.0937. The predicted octanol–water partition coefficient (Wildman–Crippen LogP) is 3.28. The van der Waals surface area contributed by atoms with Gasteiger partial charge in [0.05, 0.1) is 7.11 Å². The Hall–Kier alpha value is -1.60. The van der Waals surface area contributed by atoms with E-state index in [1.165, 1.54) is 23.5 Å². The van der Waals surface area contributed by atoms with E-state index in [0.29, 0.717) is 24.6 Å². The lowest BCUT2D eigenvalue weighted by Crippen LogP contribution is -2.33. The molecular weight excluding hydrogens is 352 g/mol. The first kappa shape index (κ1) is 22.4. The molecule has 0 aliphatic heterocycles. The number of amides is 1. The normalized spacial score (nSPS) is 13.1. The molecular formula is C19H32N2O4S. The Morgan fingerprint density at radius 1 is 1.15 bits per heavy atom. The maximum absolute atomic E-state index is 12.9. The first-order valence-electron chi connectivity index (χ1n) is 9.16. The summed E-state index contributed by atoms with van der Waals surface area (Å²) in [7, 11) is -2.30. The van der Waals surface area contributed by atoms with Crippen LogP contribution in [0.3, 0.4) is 0 Å². The molecule has 1 amide bonds. The Kier molecular flexibility index (Phi) is 8.56. The van der Waals surface area contributed by atoms with Gasteiger partial charge in [-0.3, -0.25) is 4.79 Å². The van der Waals surface area contributed by atoms with Crippen molar-refractivity contribution in [1.29, 1.82) is 0 Å². The molecule has 0 fully saturated rings. The van der Waals surface area contributed by atoms with E-state index in [1.807, 2.05) is 6.92 Å². The summed E-state index contributed by atoms with van der Waals surface area (Å²) < 4.78 is 32.3. The fourth-order valence-electron chi connectivity index (χ4n) is 2.68. The molecule has 1 N–H and O–H groups in total. The second-order valence-electron chi connectivity index (χ2n) is 6.80. The van der Waals surface area contributed by atoms with Crippen molar-refractivity contribution in [3.05, 3.63) is 23.8 Å². The minimum absolute atomic E-state index is 0.0196. The minimum atomic E-state index is -3.72. The van der Waals surface area contributed by atoms with E-state index in [1.54, 1.807) is 19.9 Å². The maximum Gasteiger partial charge on any atom is 0.251 e. The van der Waals surface area contributed by atoms with Crippen LogP contribution in [0, 0.1) is 5.92 Å². The van der Waals surface area contributed by atoms with Crippen molar-refractivity contribution >= 4 is 15.9 Å². The molecule has 148 valence electrons. The third-order valence-electron chi connectivity index (χ3n) is 4.30. The number of benzene rings is 1. The predicted molar refractivity (Wildman–Crippen MR) is 104 cm³/mol. The molecule has 1 aromatic carbocycles. The molecule has 6 nitrogen and oxygen atoms in total. The zero-order valence-corrected chi connectivity index (χ0v) is 17.5. The summed E-state index contributed by atoms with van der Waals surface area (Å²) >= 11 is 0. The number of rotatable bonds is 10. The summed E-state index contributed by atoms with van der Waals surface area (Å²) in [5.41, 5.74) is 0.313. The maximum atomic E-state index is 12.9. The number of hydrogen-bond acceptors (Lipinski definition) is 4. The molecule has 0 heterocycles. The van der Waals surface area contributed by atoms with E-state index < -0.39 is 10.0 Å². The van der Waals surface area contributed by atoms with Gasteiger partial charge >= 0.3 is 0 Å². The standard InChI is InChI=1S/C19H32N2O4S/c1-7-21(8-2)26(23,24)18-13-16(11-12-17(18)25-6)19(22)20-15(5)10-9-14(3)4/h11-15H,7-10H2,1-6H3,(H,20,22). The van der Waals surface area contributed by atoms with Crippen molar-refractivity contribution in [2.75, 3.05) is 20.2 Å². The molecule has 0 bridgehead atoms. The summed E-state index contributed by atoms with van der Waals surface area (Å²) in [5, 5.41) is 2.94. The van der Waals surface area contributed by atoms with E-state index in [9.17, 15) is 13.2 Å². The van der Waals surface area contributed by atoms with Crippen molar-refractivity contribution in [2.24, 2.45) is 5.92 Å². The van der Waals surface area contributed by atoms with Gasteiger partial charge in [-0.2, -0.15) is 4.31 Å². The molecule has 26 heavy (non-hydrogen) atoms. The molecule has 0 aromatic heterocycles. The van der Waals surface area contributed by atoms with Gasteiger partial charge < -0.3 is 10.1 Å². The smallest absolute Gasteiger partial charge is 0.251 e. The van der Waals surface area contributed by atoms with Crippen LogP contribution in [0.4, 0.5) is 0 Å². The third-order valence-corrected chi connectivity index (χ3v) is 6.37. The van der Waals surface area contributed by atoms with Crippen LogP contribution >= 0.6 is 0 Å². The molecule has 0 radical (unpaired) electrons. The zero-order chi connectivity index (χ0) is 19.9. The van der Waals surface area contributed by atoms with Crippen molar-refractivity contribution in [3.63, 3.8) is 0 Å². The van der Waals surface area contributed by atoms with Gasteiger partial charge in [-0.25, -0.2) is 8.42 Å². The lowest BCUT2D eigenvalue weighted by atomic mass is 10.0. The van der Waals surface area contributed by atoms with Crippen LogP contribution in [0.5, 0.6) is 5.75 Å². The Labute approximate surface area is 158 Å². The van der Waals surface area contributed by atoms with Crippen LogP contribution in [0.25, 0.3) is 0 Å². The average molecular weight is 385 g/mol. The van der Waals surface area contributed by atoms with E-state index in [-0.39, 0.29) is 22.6 Å². The van der Waals surface area contributed by atoms with Gasteiger partial charge in [-0.1, -0.05) is 27.7 Å². The van der Waals surface area contributed by atoms with E-state index >= 15 is 0 Å². The monoisotopic (exact) mass is 384 g/mol. The number of nitrogens with zero attached hydrogens (tertiary/aromatic N) is 1. The molecule has 0 aliphatic carbocycles. The fraction of sp³-hybridized carbons (Fsp3) is 0.632. The van der Waals surface area contributed by atoms with Gasteiger partial charge in [0.25, 0.3) is 5.91 Å². The van der Waals surface area contributed by atoms with Crippen LogP contribution in [0.2, 0.25) is 0 Å². The molecule has 1 aromatic rings. The molecule has 0 aliphatic rings. The minimum Gasteiger partial charge on any atom is -0.495 e. The number of nitrogens with one attached hydrogen (secondary N) is 1. The number of carbonyl (C=O) groups is 1. The highest BCUT2D eigenvalue weighted by atomic mass is 32.2. The molecule has 0 saturated carbocycles. The van der Waals surface area contributed by atoms with E-state index in [4.69, 9.17) is 4.74 Å². The number of ether oxygens (including phenoxy) is 1. The van der Waals surface area contributed by atoms with Gasteiger partial charge in [-0.15, -0.1) is 0 Å². The van der Waals surface area contributed by atoms with Crippen molar-refractivity contribution < 1.29 is 17.9 Å². The molecule has 7 heteroatoms. The number of methoxy groups -OCH3 is 1. The van der Waals surface area contributed by atoms with Gasteiger partial charge in [0.2, 0.25) is 10.0 Å². The fourth-order valence-corrected chi connectivity index (χ4v) is 4.32. The van der Waals surface area contributed by atoms with Crippen LogP contribution in [0.1, 0.15) is 57.8 Å². The quantitative estimate of drug-likeness (QED) is 0.672. The van der Waals surface area contributed by atoms with Crippen LogP contribution in [-0.4, -0.2) is 44.9 Å².